The standard InChI is InChI=1S/C28H26N6O3/c1-36-22-14-8-11-19(25(22)37-2)17-31-34-26(29)23(28(35)30-16-15-18-9-4-3-5-10-18)24-27(34)33-21-13-7-6-12-20(21)32-24/h3-14,17H,15-16,29H2,1-2H3,(H,30,35)/b31-17-. The van der Waals surface area contributed by atoms with Crippen molar-refractivity contribution in [2.24, 2.45) is 5.10 Å². The number of aromatic nitrogens is 3. The number of nitrogen functional groups attached to an aromatic ring is 1. The summed E-state index contributed by atoms with van der Waals surface area (Å²) in [4.78, 5) is 22.8. The number of hydrogen-bond donors (Lipinski definition) is 2. The van der Waals surface area contributed by atoms with Crippen LogP contribution < -0.4 is 20.5 Å². The second kappa shape index (κ2) is 10.4. The van der Waals surface area contributed by atoms with Crippen LogP contribution in [0.5, 0.6) is 11.5 Å². The predicted octanol–water partition coefficient (Wildman–Crippen LogP) is 4.04. The fraction of sp³-hybridized carbons (Fsp3) is 0.143. The molecule has 5 rings (SSSR count). The van der Waals surface area contributed by atoms with E-state index in [2.05, 4.69) is 10.4 Å². The number of benzene rings is 3. The molecule has 0 aliphatic rings. The van der Waals surface area contributed by atoms with Crippen molar-refractivity contribution >= 4 is 40.1 Å². The number of para-hydroxylation sites is 3. The Kier molecular flexibility index (Phi) is 6.67. The van der Waals surface area contributed by atoms with Crippen molar-refractivity contribution in [2.45, 2.75) is 6.42 Å². The number of carbonyl (C=O) groups excluding carboxylic acids is 1. The maximum absolute atomic E-state index is 13.3. The van der Waals surface area contributed by atoms with Gasteiger partial charge < -0.3 is 20.5 Å². The molecule has 0 spiro atoms. The van der Waals surface area contributed by atoms with Crippen molar-refractivity contribution in [2.75, 3.05) is 26.5 Å². The fourth-order valence-electron chi connectivity index (χ4n) is 4.18. The van der Waals surface area contributed by atoms with Crippen LogP contribution in [0.4, 0.5) is 5.82 Å². The summed E-state index contributed by atoms with van der Waals surface area (Å²) in [5, 5.41) is 7.54. The first-order valence-corrected chi connectivity index (χ1v) is 11.7. The molecule has 2 aromatic heterocycles. The van der Waals surface area contributed by atoms with Gasteiger partial charge in [-0.3, -0.25) is 4.79 Å². The maximum atomic E-state index is 13.3. The van der Waals surface area contributed by atoms with E-state index in [1.165, 1.54) is 4.68 Å². The highest BCUT2D eigenvalue weighted by Gasteiger charge is 2.24. The van der Waals surface area contributed by atoms with Crippen molar-refractivity contribution in [1.29, 1.82) is 0 Å². The minimum absolute atomic E-state index is 0.139. The number of carbonyl (C=O) groups is 1. The molecule has 1 amide bonds. The first-order chi connectivity index (χ1) is 18.1. The molecule has 0 saturated carbocycles. The molecule has 0 fully saturated rings. The average Bonchev–Trinajstić information content (AvgIpc) is 3.20. The molecule has 0 saturated heterocycles. The molecule has 9 nitrogen and oxygen atoms in total. The maximum Gasteiger partial charge on any atom is 0.257 e. The summed E-state index contributed by atoms with van der Waals surface area (Å²) >= 11 is 0. The topological polar surface area (TPSA) is 117 Å². The fourth-order valence-corrected chi connectivity index (χ4v) is 4.18. The number of nitrogens with two attached hydrogens (primary N) is 1. The lowest BCUT2D eigenvalue weighted by Crippen LogP contribution is -2.26. The van der Waals surface area contributed by atoms with Gasteiger partial charge in [0.25, 0.3) is 5.91 Å². The van der Waals surface area contributed by atoms with Gasteiger partial charge in [-0.05, 0) is 36.2 Å². The summed E-state index contributed by atoms with van der Waals surface area (Å²) in [6.45, 7) is 0.445. The largest absolute Gasteiger partial charge is 0.493 e. The highest BCUT2D eigenvalue weighted by atomic mass is 16.5. The van der Waals surface area contributed by atoms with Crippen molar-refractivity contribution < 1.29 is 14.3 Å². The van der Waals surface area contributed by atoms with Gasteiger partial charge in [-0.15, -0.1) is 0 Å². The van der Waals surface area contributed by atoms with E-state index in [-0.39, 0.29) is 17.3 Å². The Hall–Kier alpha value is -4.92. The molecule has 0 aliphatic heterocycles. The van der Waals surface area contributed by atoms with E-state index >= 15 is 0 Å². The Labute approximate surface area is 213 Å². The van der Waals surface area contributed by atoms with Crippen LogP contribution in [-0.2, 0) is 6.42 Å². The zero-order chi connectivity index (χ0) is 25.8. The van der Waals surface area contributed by atoms with Gasteiger partial charge >= 0.3 is 0 Å². The van der Waals surface area contributed by atoms with Crippen molar-refractivity contribution in [1.82, 2.24) is 20.0 Å². The van der Waals surface area contributed by atoms with E-state index in [1.807, 2.05) is 66.7 Å². The lowest BCUT2D eigenvalue weighted by molar-refractivity contribution is 0.0956. The van der Waals surface area contributed by atoms with Crippen LogP contribution in [-0.4, -0.2) is 47.5 Å². The zero-order valence-corrected chi connectivity index (χ0v) is 20.5. The van der Waals surface area contributed by atoms with Crippen LogP contribution in [0.2, 0.25) is 0 Å². The first-order valence-electron chi connectivity index (χ1n) is 11.7. The van der Waals surface area contributed by atoms with E-state index < -0.39 is 0 Å². The van der Waals surface area contributed by atoms with Crippen LogP contribution in [0, 0.1) is 0 Å². The monoisotopic (exact) mass is 494 g/mol. The van der Waals surface area contributed by atoms with Gasteiger partial charge in [-0.2, -0.15) is 9.78 Å². The summed E-state index contributed by atoms with van der Waals surface area (Å²) in [7, 11) is 3.13. The highest BCUT2D eigenvalue weighted by Crippen LogP contribution is 2.31. The Balaban J connectivity index is 1.56. The number of methoxy groups -OCH3 is 2. The molecule has 37 heavy (non-hydrogen) atoms. The van der Waals surface area contributed by atoms with Gasteiger partial charge in [0.05, 0.1) is 31.5 Å². The first kappa shape index (κ1) is 23.8. The molecule has 0 atom stereocenters. The Morgan fingerprint density at radius 2 is 1.70 bits per heavy atom. The third-order valence-electron chi connectivity index (χ3n) is 5.99. The summed E-state index contributed by atoms with van der Waals surface area (Å²) in [5.41, 5.74) is 10.6. The van der Waals surface area contributed by atoms with Crippen LogP contribution in [0.3, 0.4) is 0 Å². The number of nitrogens with one attached hydrogen (secondary N) is 1. The van der Waals surface area contributed by atoms with Crippen molar-refractivity contribution in [3.8, 4) is 11.5 Å². The van der Waals surface area contributed by atoms with E-state index in [0.717, 1.165) is 5.56 Å². The molecule has 5 aromatic rings. The lowest BCUT2D eigenvalue weighted by Gasteiger charge is -2.09. The van der Waals surface area contributed by atoms with Crippen LogP contribution in [0.15, 0.2) is 77.9 Å². The third kappa shape index (κ3) is 4.66. The van der Waals surface area contributed by atoms with Gasteiger partial charge in [-0.25, -0.2) is 9.97 Å². The Morgan fingerprint density at radius 3 is 2.43 bits per heavy atom. The van der Waals surface area contributed by atoms with Gasteiger partial charge in [0.2, 0.25) is 0 Å². The smallest absolute Gasteiger partial charge is 0.257 e. The molecule has 0 unspecified atom stereocenters. The number of ether oxygens (including phenoxy) is 2. The predicted molar refractivity (Wildman–Crippen MR) is 144 cm³/mol. The summed E-state index contributed by atoms with van der Waals surface area (Å²) < 4.78 is 12.3. The van der Waals surface area contributed by atoms with Crippen LogP contribution in [0.1, 0.15) is 21.5 Å². The number of hydrogen-bond acceptors (Lipinski definition) is 7. The van der Waals surface area contributed by atoms with Gasteiger partial charge in [0.15, 0.2) is 17.1 Å². The zero-order valence-electron chi connectivity index (χ0n) is 20.5. The molecule has 3 aromatic carbocycles. The van der Waals surface area contributed by atoms with Crippen molar-refractivity contribution in [3.63, 3.8) is 0 Å². The third-order valence-corrected chi connectivity index (χ3v) is 5.99. The molecular weight excluding hydrogens is 468 g/mol. The molecule has 186 valence electrons. The van der Waals surface area contributed by atoms with Gasteiger partial charge in [0, 0.05) is 12.1 Å². The van der Waals surface area contributed by atoms with E-state index in [9.17, 15) is 4.79 Å². The number of anilines is 1. The normalized spacial score (nSPS) is 11.3. The Morgan fingerprint density at radius 1 is 0.973 bits per heavy atom. The molecular formula is C28H26N6O3. The Bertz CT molecular complexity index is 1610. The quantitative estimate of drug-likeness (QED) is 0.315. The second-order valence-corrected chi connectivity index (χ2v) is 8.28. The minimum Gasteiger partial charge on any atom is -0.493 e. The summed E-state index contributed by atoms with van der Waals surface area (Å²) in [6.07, 6.45) is 2.28. The average molecular weight is 495 g/mol. The number of amides is 1. The molecule has 0 aliphatic carbocycles. The number of rotatable bonds is 8. The lowest BCUT2D eigenvalue weighted by atomic mass is 10.1. The van der Waals surface area contributed by atoms with Crippen LogP contribution in [0.25, 0.3) is 22.2 Å². The molecule has 0 radical (unpaired) electrons. The van der Waals surface area contributed by atoms with E-state index in [0.29, 0.717) is 52.2 Å². The van der Waals surface area contributed by atoms with E-state index in [4.69, 9.17) is 25.2 Å². The molecule has 0 bridgehead atoms. The van der Waals surface area contributed by atoms with E-state index in [1.54, 1.807) is 26.5 Å². The summed E-state index contributed by atoms with van der Waals surface area (Å²) in [6, 6.07) is 22.9. The SMILES string of the molecule is COc1cccc(/C=N\n2c(N)c(C(=O)NCCc3ccccc3)c3nc4ccccc4nc32)c1OC. The highest BCUT2D eigenvalue weighted by molar-refractivity contribution is 6.10. The molecule has 2 heterocycles. The molecule has 9 heteroatoms. The van der Waals surface area contributed by atoms with Crippen molar-refractivity contribution in [3.05, 3.63) is 89.5 Å². The number of nitrogens with zero attached hydrogens (tertiary/aromatic N) is 4. The van der Waals surface area contributed by atoms with Gasteiger partial charge in [0.1, 0.15) is 16.9 Å². The second-order valence-electron chi connectivity index (χ2n) is 8.28. The van der Waals surface area contributed by atoms with Gasteiger partial charge in [-0.1, -0.05) is 48.5 Å². The molecule has 3 N–H and O–H groups in total. The van der Waals surface area contributed by atoms with Crippen LogP contribution >= 0.6 is 0 Å². The minimum atomic E-state index is -0.337. The summed E-state index contributed by atoms with van der Waals surface area (Å²) in [5.74, 6) is 0.900. The number of fused-ring (bicyclic) bond motifs is 2.